The molecule has 1 aliphatic heterocycles. The zero-order valence-corrected chi connectivity index (χ0v) is 16.5. The number of aromatic nitrogens is 1. The van der Waals surface area contributed by atoms with Gasteiger partial charge in [-0.2, -0.15) is 4.31 Å². The molecule has 1 aliphatic rings. The minimum absolute atomic E-state index is 0.337. The molecule has 10 heteroatoms. The van der Waals surface area contributed by atoms with Gasteiger partial charge in [0.05, 0.1) is 11.9 Å². The number of nitrogens with zero attached hydrogens (tertiary/aromatic N) is 3. The molecule has 0 aromatic carbocycles. The number of nitrogens with two attached hydrogens (primary N) is 2. The Hall–Kier alpha value is -1.91. The van der Waals surface area contributed by atoms with E-state index >= 15 is 0 Å². The molecule has 1 amide bonds. The van der Waals surface area contributed by atoms with Gasteiger partial charge < -0.3 is 16.4 Å². The minimum Gasteiger partial charge on any atom is -0.397 e. The predicted octanol–water partition coefficient (Wildman–Crippen LogP) is 1.01. The van der Waals surface area contributed by atoms with Gasteiger partial charge in [0.25, 0.3) is 5.91 Å². The molecule has 0 atom stereocenters. The van der Waals surface area contributed by atoms with Gasteiger partial charge in [0.2, 0.25) is 10.0 Å². The molecule has 2 aromatic heterocycles. The Labute approximate surface area is 156 Å². The molecular weight excluding hydrogens is 374 g/mol. The number of thiophene rings is 1. The van der Waals surface area contributed by atoms with E-state index < -0.39 is 15.9 Å². The molecule has 8 nitrogen and oxygen atoms in total. The second kappa shape index (κ2) is 7.01. The first-order chi connectivity index (χ1) is 12.2. The number of anilines is 2. The molecule has 4 N–H and O–H groups in total. The Balaban J connectivity index is 1.98. The highest BCUT2D eigenvalue weighted by atomic mass is 32.2. The minimum atomic E-state index is -3.17. The highest BCUT2D eigenvalue weighted by Crippen LogP contribution is 2.37. The molecule has 3 heterocycles. The van der Waals surface area contributed by atoms with Crippen molar-refractivity contribution in [3.8, 4) is 0 Å². The molecule has 2 aromatic rings. The maximum absolute atomic E-state index is 11.7. The topological polar surface area (TPSA) is 123 Å². The molecule has 0 unspecified atom stereocenters. The standard InChI is InChI=1S/C16H23N5O3S2/c1-3-4-10-9-11(20-5-7-21(8-6-20)26(2,23)24)19-16-12(10)13(17)14(25-16)15(18)22/h9H,3-8,17H2,1-2H3,(H2,18,22). The number of hydrogen-bond acceptors (Lipinski definition) is 7. The third-order valence-electron chi connectivity index (χ3n) is 4.54. The van der Waals surface area contributed by atoms with Crippen molar-refractivity contribution < 1.29 is 13.2 Å². The fourth-order valence-electron chi connectivity index (χ4n) is 3.25. The van der Waals surface area contributed by atoms with E-state index in [4.69, 9.17) is 11.5 Å². The summed E-state index contributed by atoms with van der Waals surface area (Å²) in [5.41, 5.74) is 13.0. The van der Waals surface area contributed by atoms with Crippen molar-refractivity contribution in [3.05, 3.63) is 16.5 Å². The number of pyridine rings is 1. The lowest BCUT2D eigenvalue weighted by molar-refractivity contribution is 0.100. The summed E-state index contributed by atoms with van der Waals surface area (Å²) >= 11 is 1.21. The van der Waals surface area contributed by atoms with Crippen LogP contribution in [0, 0.1) is 0 Å². The fraction of sp³-hybridized carbons (Fsp3) is 0.500. The van der Waals surface area contributed by atoms with E-state index in [1.807, 2.05) is 6.07 Å². The highest BCUT2D eigenvalue weighted by molar-refractivity contribution is 7.88. The number of amides is 1. The van der Waals surface area contributed by atoms with Gasteiger partial charge in [0.1, 0.15) is 15.5 Å². The smallest absolute Gasteiger partial charge is 0.260 e. The van der Waals surface area contributed by atoms with Crippen LogP contribution in [-0.4, -0.2) is 56.0 Å². The first-order valence-corrected chi connectivity index (χ1v) is 11.1. The summed E-state index contributed by atoms with van der Waals surface area (Å²) in [7, 11) is -3.17. The lowest BCUT2D eigenvalue weighted by Crippen LogP contribution is -2.48. The maximum atomic E-state index is 11.7. The Morgan fingerprint density at radius 1 is 1.31 bits per heavy atom. The zero-order chi connectivity index (χ0) is 19.1. The Morgan fingerprint density at radius 2 is 1.96 bits per heavy atom. The molecule has 0 aliphatic carbocycles. The number of hydrogen-bond donors (Lipinski definition) is 2. The average Bonchev–Trinajstić information content (AvgIpc) is 2.92. The molecule has 0 saturated carbocycles. The first-order valence-electron chi connectivity index (χ1n) is 8.44. The van der Waals surface area contributed by atoms with Crippen molar-refractivity contribution >= 4 is 49.0 Å². The summed E-state index contributed by atoms with van der Waals surface area (Å²) < 4.78 is 24.8. The van der Waals surface area contributed by atoms with Crippen LogP contribution < -0.4 is 16.4 Å². The number of primary amides is 1. The number of carbonyl (C=O) groups excluding carboxylic acids is 1. The molecule has 3 rings (SSSR count). The Bertz CT molecular complexity index is 946. The van der Waals surface area contributed by atoms with Crippen molar-refractivity contribution in [2.24, 2.45) is 5.73 Å². The lowest BCUT2D eigenvalue weighted by atomic mass is 10.1. The average molecular weight is 398 g/mol. The first kappa shape index (κ1) is 18.9. The third-order valence-corrected chi connectivity index (χ3v) is 6.96. The van der Waals surface area contributed by atoms with E-state index in [2.05, 4.69) is 16.8 Å². The van der Waals surface area contributed by atoms with Gasteiger partial charge in [-0.15, -0.1) is 11.3 Å². The Morgan fingerprint density at radius 3 is 2.50 bits per heavy atom. The molecule has 1 saturated heterocycles. The van der Waals surface area contributed by atoms with E-state index in [0.717, 1.165) is 29.6 Å². The number of carbonyl (C=O) groups is 1. The van der Waals surface area contributed by atoms with Gasteiger partial charge in [0, 0.05) is 31.6 Å². The number of sulfonamides is 1. The molecule has 0 radical (unpaired) electrons. The fourth-order valence-corrected chi connectivity index (χ4v) is 5.06. The van der Waals surface area contributed by atoms with Crippen molar-refractivity contribution in [2.75, 3.05) is 43.1 Å². The molecule has 0 bridgehead atoms. The second-order valence-electron chi connectivity index (χ2n) is 6.43. The summed E-state index contributed by atoms with van der Waals surface area (Å²) in [6.45, 7) is 4.08. The molecule has 1 fully saturated rings. The zero-order valence-electron chi connectivity index (χ0n) is 14.9. The monoisotopic (exact) mass is 397 g/mol. The van der Waals surface area contributed by atoms with Crippen LogP contribution in [-0.2, 0) is 16.4 Å². The maximum Gasteiger partial charge on any atom is 0.260 e. The van der Waals surface area contributed by atoms with Crippen molar-refractivity contribution in [1.29, 1.82) is 0 Å². The largest absolute Gasteiger partial charge is 0.397 e. The SMILES string of the molecule is CCCc1cc(N2CCN(S(C)(=O)=O)CC2)nc2sc(C(N)=O)c(N)c12. The van der Waals surface area contributed by atoms with Crippen LogP contribution in [0.25, 0.3) is 10.2 Å². The normalized spacial score (nSPS) is 16.3. The van der Waals surface area contributed by atoms with Crippen molar-refractivity contribution in [2.45, 2.75) is 19.8 Å². The van der Waals surface area contributed by atoms with E-state index in [0.29, 0.717) is 41.6 Å². The number of aryl methyl sites for hydroxylation is 1. The summed E-state index contributed by atoms with van der Waals surface area (Å²) in [6, 6.07) is 2.00. The molecule has 142 valence electrons. The van der Waals surface area contributed by atoms with Crippen LogP contribution >= 0.6 is 11.3 Å². The summed E-state index contributed by atoms with van der Waals surface area (Å²) in [4.78, 5) is 19.4. The van der Waals surface area contributed by atoms with Gasteiger partial charge >= 0.3 is 0 Å². The van der Waals surface area contributed by atoms with Gasteiger partial charge in [-0.1, -0.05) is 13.3 Å². The number of rotatable bonds is 5. The van der Waals surface area contributed by atoms with Crippen molar-refractivity contribution in [1.82, 2.24) is 9.29 Å². The highest BCUT2D eigenvalue weighted by Gasteiger charge is 2.25. The van der Waals surface area contributed by atoms with E-state index in [-0.39, 0.29) is 0 Å². The molecular formula is C16H23N5O3S2. The van der Waals surface area contributed by atoms with Crippen LogP contribution in [0.3, 0.4) is 0 Å². The lowest BCUT2D eigenvalue weighted by Gasteiger charge is -2.34. The summed E-state index contributed by atoms with van der Waals surface area (Å²) in [5.74, 6) is 0.239. The van der Waals surface area contributed by atoms with Gasteiger partial charge in [-0.25, -0.2) is 13.4 Å². The van der Waals surface area contributed by atoms with E-state index in [1.54, 1.807) is 0 Å². The number of nitrogen functional groups attached to an aromatic ring is 1. The number of piperazine rings is 1. The second-order valence-corrected chi connectivity index (χ2v) is 9.41. The van der Waals surface area contributed by atoms with E-state index in [9.17, 15) is 13.2 Å². The van der Waals surface area contributed by atoms with Crippen molar-refractivity contribution in [3.63, 3.8) is 0 Å². The third kappa shape index (κ3) is 3.49. The van der Waals surface area contributed by atoms with Crippen LogP contribution in [0.15, 0.2) is 6.07 Å². The van der Waals surface area contributed by atoms with Gasteiger partial charge in [0.15, 0.2) is 0 Å². The molecule has 26 heavy (non-hydrogen) atoms. The number of fused-ring (bicyclic) bond motifs is 1. The molecule has 0 spiro atoms. The van der Waals surface area contributed by atoms with Crippen LogP contribution in [0.1, 0.15) is 28.6 Å². The van der Waals surface area contributed by atoms with E-state index in [1.165, 1.54) is 21.9 Å². The Kier molecular flexibility index (Phi) is 5.09. The summed E-state index contributed by atoms with van der Waals surface area (Å²) in [5, 5.41) is 0.809. The summed E-state index contributed by atoms with van der Waals surface area (Å²) in [6.07, 6.45) is 2.97. The predicted molar refractivity (Wildman–Crippen MR) is 105 cm³/mol. The van der Waals surface area contributed by atoms with Gasteiger partial charge in [-0.05, 0) is 18.1 Å². The van der Waals surface area contributed by atoms with Gasteiger partial charge in [-0.3, -0.25) is 4.79 Å². The van der Waals surface area contributed by atoms with Crippen LogP contribution in [0.4, 0.5) is 11.5 Å². The quantitative estimate of drug-likeness (QED) is 0.776. The van der Waals surface area contributed by atoms with Crippen LogP contribution in [0.5, 0.6) is 0 Å². The van der Waals surface area contributed by atoms with Crippen LogP contribution in [0.2, 0.25) is 0 Å².